The van der Waals surface area contributed by atoms with Gasteiger partial charge in [0.25, 0.3) is 0 Å². The van der Waals surface area contributed by atoms with Crippen molar-refractivity contribution in [3.63, 3.8) is 0 Å². The van der Waals surface area contributed by atoms with Crippen LogP contribution >= 0.6 is 35.7 Å². The first kappa shape index (κ1) is 11.2. The molecule has 1 aromatic rings. The molecule has 1 aromatic heterocycles. The molecule has 0 radical (unpaired) electrons. The van der Waals surface area contributed by atoms with Gasteiger partial charge in [-0.1, -0.05) is 0 Å². The number of aromatic amines is 1. The average molecular weight is 329 g/mol. The summed E-state index contributed by atoms with van der Waals surface area (Å²) < 4.78 is 0. The van der Waals surface area contributed by atoms with Gasteiger partial charge >= 0.3 is 49.6 Å². The number of imidazole rings is 1. The molecule has 0 atom stereocenters. The smallest absolute Gasteiger partial charge is 0.0919 e. The first-order chi connectivity index (χ1) is 4.50. The summed E-state index contributed by atoms with van der Waals surface area (Å²) in [7, 11) is 20.1. The summed E-state index contributed by atoms with van der Waals surface area (Å²) in [4.78, 5) is 6.42. The molecule has 0 unspecified atom stereocenters. The summed E-state index contributed by atoms with van der Waals surface area (Å²) in [5.41, 5.74) is 0. The van der Waals surface area contributed by atoms with Crippen LogP contribution in [-0.4, -0.2) is 23.8 Å². The molecule has 0 amide bonds. The van der Waals surface area contributed by atoms with E-state index in [4.69, 9.17) is 35.7 Å². The minimum Gasteiger partial charge on any atom is -0.351 e. The van der Waals surface area contributed by atoms with Gasteiger partial charge in [-0.25, -0.2) is 4.98 Å². The van der Waals surface area contributed by atoms with Gasteiger partial charge in [-0.15, -0.1) is 0 Å². The van der Waals surface area contributed by atoms with Gasteiger partial charge in [-0.3, -0.25) is 0 Å². The monoisotopic (exact) mass is 328 g/mol. The normalized spacial score (nSPS) is 10.0. The molecule has 0 saturated heterocycles. The van der Waals surface area contributed by atoms with Crippen LogP contribution in [-0.2, 0) is 0 Å². The largest absolute Gasteiger partial charge is 0.351 e. The summed E-state index contributed by atoms with van der Waals surface area (Å²) in [6.45, 7) is 0. The fourth-order valence-electron chi connectivity index (χ4n) is 0.215. The molecule has 10 heavy (non-hydrogen) atoms. The number of nitrogens with one attached hydrogen (secondary N) is 1. The van der Waals surface area contributed by atoms with Crippen molar-refractivity contribution in [2.24, 2.45) is 0 Å². The molecule has 2 nitrogen and oxygen atoms in total. The minimum atomic E-state index is -3.29. The Kier molecular flexibility index (Phi) is 6.45. The third-order valence-corrected chi connectivity index (χ3v) is 0.406. The van der Waals surface area contributed by atoms with Gasteiger partial charge in [-0.2, -0.15) is 0 Å². The Bertz CT molecular complexity index is 125. The van der Waals surface area contributed by atoms with E-state index < -0.39 is 13.9 Å². The fourth-order valence-corrected chi connectivity index (χ4v) is 0.215. The quantitative estimate of drug-likeness (QED) is 0.729. The van der Waals surface area contributed by atoms with Crippen molar-refractivity contribution in [2.45, 2.75) is 0 Å². The van der Waals surface area contributed by atoms with Gasteiger partial charge in [0, 0.05) is 12.4 Å². The number of rotatable bonds is 0. The molecule has 1 rings (SSSR count). The van der Waals surface area contributed by atoms with Crippen LogP contribution in [0.3, 0.4) is 0 Å². The van der Waals surface area contributed by atoms with E-state index in [1.54, 1.807) is 18.7 Å². The predicted octanol–water partition coefficient (Wildman–Crippen LogP) is 2.79. The maximum Gasteiger partial charge on any atom is 0.0919 e. The van der Waals surface area contributed by atoms with Crippen LogP contribution in [0.5, 0.6) is 0 Å². The van der Waals surface area contributed by atoms with Gasteiger partial charge in [0.05, 0.1) is 6.33 Å². The molecule has 1 heterocycles. The third-order valence-electron chi connectivity index (χ3n) is 0.406. The van der Waals surface area contributed by atoms with Crippen molar-refractivity contribution < 1.29 is 0 Å². The van der Waals surface area contributed by atoms with Crippen molar-refractivity contribution in [2.75, 3.05) is 0 Å². The van der Waals surface area contributed by atoms with Crippen molar-refractivity contribution in [1.29, 1.82) is 0 Å². The Balaban J connectivity index is 0.000000162. The summed E-state index contributed by atoms with van der Waals surface area (Å²) in [6.07, 6.45) is 5.08. The van der Waals surface area contributed by atoms with Gasteiger partial charge in [-0.05, 0) is 0 Å². The van der Waals surface area contributed by atoms with E-state index >= 15 is 0 Å². The number of nitrogens with zero attached hydrogens (tertiary/aromatic N) is 1. The number of aromatic nitrogens is 2. The molecular weight excluding hydrogens is 325 g/mol. The first-order valence-corrected chi connectivity index (χ1v) is 16.6. The van der Waals surface area contributed by atoms with Gasteiger partial charge in [0.15, 0.2) is 0 Å². The molecule has 0 saturated carbocycles. The molecule has 0 spiro atoms. The van der Waals surface area contributed by atoms with Crippen LogP contribution in [0, 0.1) is 0 Å². The maximum absolute atomic E-state index is 5.04. The van der Waals surface area contributed by atoms with Crippen LogP contribution in [0.15, 0.2) is 18.7 Å². The first-order valence-electron chi connectivity index (χ1n) is 2.18. The SMILES string of the molecule is [Cl][Sn]([Cl])([Cl])[Cl].c1c[nH]cn1. The number of hydrogen-bond donors (Lipinski definition) is 1. The van der Waals surface area contributed by atoms with E-state index in [0.717, 1.165) is 0 Å². The molecule has 7 heteroatoms. The topological polar surface area (TPSA) is 28.7 Å². The van der Waals surface area contributed by atoms with Crippen LogP contribution in [0.2, 0.25) is 0 Å². The molecule has 0 fully saturated rings. The second-order valence-corrected chi connectivity index (χ2v) is 26.6. The second kappa shape index (κ2) is 5.77. The van der Waals surface area contributed by atoms with Gasteiger partial charge in [0.1, 0.15) is 0 Å². The van der Waals surface area contributed by atoms with Crippen LogP contribution in [0.25, 0.3) is 0 Å². The Hall–Kier alpha value is 1.17. The van der Waals surface area contributed by atoms with E-state index in [1.165, 1.54) is 0 Å². The van der Waals surface area contributed by atoms with E-state index in [-0.39, 0.29) is 0 Å². The summed E-state index contributed by atoms with van der Waals surface area (Å²) in [5.74, 6) is 0. The standard InChI is InChI=1S/C3H4N2.4ClH.Sn/c1-2-5-3-4-1;;;;;/h1-3H,(H,4,5);4*1H;/q;;;;;+4/p-4. The molecule has 0 aromatic carbocycles. The molecule has 0 aliphatic rings. The van der Waals surface area contributed by atoms with E-state index in [9.17, 15) is 0 Å². The Labute approximate surface area is 77.6 Å². The minimum absolute atomic E-state index is 1.62. The van der Waals surface area contributed by atoms with Crippen molar-refractivity contribution in [1.82, 2.24) is 9.97 Å². The van der Waals surface area contributed by atoms with Crippen molar-refractivity contribution >= 4 is 49.6 Å². The molecule has 58 valence electrons. The Morgan fingerprint density at radius 1 is 1.20 bits per heavy atom. The summed E-state index contributed by atoms with van der Waals surface area (Å²) in [5, 5.41) is 0. The summed E-state index contributed by atoms with van der Waals surface area (Å²) >= 11 is -3.29. The van der Waals surface area contributed by atoms with Gasteiger partial charge in [0.2, 0.25) is 0 Å². The number of halogens is 4. The van der Waals surface area contributed by atoms with E-state index in [1.807, 2.05) is 0 Å². The molecule has 1 N–H and O–H groups in total. The van der Waals surface area contributed by atoms with Gasteiger partial charge < -0.3 is 4.98 Å². The van der Waals surface area contributed by atoms with Crippen molar-refractivity contribution in [3.05, 3.63) is 18.7 Å². The Morgan fingerprint density at radius 2 is 1.70 bits per heavy atom. The Morgan fingerprint density at radius 3 is 1.80 bits per heavy atom. The zero-order valence-corrected chi connectivity index (χ0v) is 10.6. The zero-order chi connectivity index (χ0) is 8.04. The molecule has 0 aliphatic heterocycles. The predicted molar refractivity (Wildman–Crippen MR) is 47.8 cm³/mol. The molecule has 0 aliphatic carbocycles. The number of hydrogen-bond acceptors (Lipinski definition) is 1. The third kappa shape index (κ3) is 16.1. The van der Waals surface area contributed by atoms with Crippen LogP contribution in [0.4, 0.5) is 0 Å². The maximum atomic E-state index is 5.04. The number of H-pyrrole nitrogens is 1. The summed E-state index contributed by atoms with van der Waals surface area (Å²) in [6, 6.07) is 0. The average Bonchev–Trinajstić information content (AvgIpc) is 2.07. The molecule has 0 bridgehead atoms. The fraction of sp³-hybridized carbons (Fsp3) is 0. The van der Waals surface area contributed by atoms with Crippen LogP contribution < -0.4 is 0 Å². The van der Waals surface area contributed by atoms with E-state index in [2.05, 4.69) is 9.97 Å². The zero-order valence-electron chi connectivity index (χ0n) is 4.69. The second-order valence-electron chi connectivity index (χ2n) is 1.19. The van der Waals surface area contributed by atoms with E-state index in [0.29, 0.717) is 0 Å². The van der Waals surface area contributed by atoms with Crippen molar-refractivity contribution in [3.8, 4) is 0 Å². The molecular formula is C3H4Cl4N2Sn. The van der Waals surface area contributed by atoms with Crippen LogP contribution in [0.1, 0.15) is 0 Å².